The third-order valence-corrected chi connectivity index (χ3v) is 6.07. The molecule has 2 aromatic rings. The smallest absolute Gasteiger partial charge is 0.356 e. The molecule has 112 valence electrons. The lowest BCUT2D eigenvalue weighted by molar-refractivity contribution is 0.0687. The van der Waals surface area contributed by atoms with Gasteiger partial charge in [0.25, 0.3) is 10.0 Å². The topological polar surface area (TPSA) is 96.4 Å². The fraction of sp³-hybridized carbons (Fsp3) is 0.167. The van der Waals surface area contributed by atoms with E-state index in [2.05, 4.69) is 25.6 Å². The summed E-state index contributed by atoms with van der Waals surface area (Å²) in [6.45, 7) is 1.68. The molecule has 0 saturated carbocycles. The van der Waals surface area contributed by atoms with E-state index in [1.54, 1.807) is 25.1 Å². The van der Waals surface area contributed by atoms with E-state index in [1.807, 2.05) is 6.07 Å². The van der Waals surface area contributed by atoms with E-state index in [0.717, 1.165) is 21.4 Å². The number of carboxylic acid groups (broad SMARTS) is 1. The Labute approximate surface area is 134 Å². The van der Waals surface area contributed by atoms with Crippen molar-refractivity contribution >= 4 is 43.3 Å². The maximum Gasteiger partial charge on any atom is 0.356 e. The van der Waals surface area contributed by atoms with Crippen molar-refractivity contribution in [2.45, 2.75) is 17.2 Å². The summed E-state index contributed by atoms with van der Waals surface area (Å²) in [5.41, 5.74) is 1.49. The number of thiazole rings is 1. The zero-order valence-electron chi connectivity index (χ0n) is 10.8. The number of nitrogens with zero attached hydrogens (tertiary/aromatic N) is 1. The average Bonchev–Trinajstić information content (AvgIpc) is 2.88. The van der Waals surface area contributed by atoms with Crippen LogP contribution in [0.4, 0.5) is 0 Å². The molecule has 0 bridgehead atoms. The van der Waals surface area contributed by atoms with Crippen LogP contribution in [0.25, 0.3) is 0 Å². The number of carbonyl (C=O) groups is 1. The molecule has 1 aromatic heterocycles. The van der Waals surface area contributed by atoms with E-state index >= 15 is 0 Å². The van der Waals surface area contributed by atoms with Crippen LogP contribution in [-0.2, 0) is 10.0 Å². The minimum atomic E-state index is -3.94. The Morgan fingerprint density at radius 1 is 1.48 bits per heavy atom. The van der Waals surface area contributed by atoms with E-state index in [9.17, 15) is 13.2 Å². The van der Waals surface area contributed by atoms with Gasteiger partial charge in [0.2, 0.25) is 0 Å². The van der Waals surface area contributed by atoms with Crippen molar-refractivity contribution in [2.24, 2.45) is 0 Å². The number of sulfonamides is 1. The predicted molar refractivity (Wildman–Crippen MR) is 82.0 cm³/mol. The van der Waals surface area contributed by atoms with Gasteiger partial charge in [-0.3, -0.25) is 0 Å². The van der Waals surface area contributed by atoms with E-state index in [-0.39, 0.29) is 4.21 Å². The fourth-order valence-electron chi connectivity index (χ4n) is 1.70. The molecule has 21 heavy (non-hydrogen) atoms. The first-order valence-corrected chi connectivity index (χ1v) is 8.91. The van der Waals surface area contributed by atoms with Crippen molar-refractivity contribution in [1.82, 2.24) is 9.71 Å². The monoisotopic (exact) mass is 390 g/mol. The summed E-state index contributed by atoms with van der Waals surface area (Å²) in [4.78, 5) is 14.5. The lowest BCUT2D eigenvalue weighted by atomic mass is 10.1. The summed E-state index contributed by atoms with van der Waals surface area (Å²) in [5, 5.41) is 8.95. The van der Waals surface area contributed by atoms with E-state index in [0.29, 0.717) is 0 Å². The van der Waals surface area contributed by atoms with Crippen LogP contribution in [0, 0.1) is 0 Å². The summed E-state index contributed by atoms with van der Waals surface area (Å²) in [7, 11) is -3.94. The highest BCUT2D eigenvalue weighted by molar-refractivity contribution is 9.10. The fourth-order valence-corrected chi connectivity index (χ4v) is 4.50. The zero-order chi connectivity index (χ0) is 15.6. The molecule has 2 rings (SSSR count). The first-order chi connectivity index (χ1) is 9.81. The van der Waals surface area contributed by atoms with Gasteiger partial charge in [-0.1, -0.05) is 28.1 Å². The highest BCUT2D eigenvalue weighted by atomic mass is 79.9. The lowest BCUT2D eigenvalue weighted by Gasteiger charge is -2.14. The van der Waals surface area contributed by atoms with Crippen LogP contribution >= 0.6 is 27.3 Å². The molecule has 0 saturated heterocycles. The number of aromatic carboxylic acids is 1. The Morgan fingerprint density at radius 2 is 2.19 bits per heavy atom. The van der Waals surface area contributed by atoms with Crippen LogP contribution in [-0.4, -0.2) is 24.5 Å². The summed E-state index contributed by atoms with van der Waals surface area (Å²) >= 11 is 4.09. The Hall–Kier alpha value is -1.29. The maximum atomic E-state index is 12.3. The van der Waals surface area contributed by atoms with Crippen molar-refractivity contribution in [3.8, 4) is 0 Å². The summed E-state index contributed by atoms with van der Waals surface area (Å²) < 4.78 is 27.5. The van der Waals surface area contributed by atoms with Crippen molar-refractivity contribution in [3.63, 3.8) is 0 Å². The highest BCUT2D eigenvalue weighted by Crippen LogP contribution is 2.24. The second-order valence-corrected chi connectivity index (χ2v) is 7.87. The van der Waals surface area contributed by atoms with Gasteiger partial charge in [-0.15, -0.1) is 11.3 Å². The zero-order valence-corrected chi connectivity index (χ0v) is 14.0. The standard InChI is InChI=1S/C12H11BrN2O4S2/c1-7(8-3-2-4-9(13)5-8)15-21(18,19)12-10(11(16)17)14-6-20-12/h2-7,15H,1H3,(H,16,17)/t7-/m0/s1. The van der Waals surface area contributed by atoms with E-state index in [4.69, 9.17) is 5.11 Å². The minimum Gasteiger partial charge on any atom is -0.476 e. The maximum absolute atomic E-state index is 12.3. The van der Waals surface area contributed by atoms with Crippen LogP contribution in [0.15, 0.2) is 38.5 Å². The van der Waals surface area contributed by atoms with Gasteiger partial charge < -0.3 is 5.11 Å². The molecule has 6 nitrogen and oxygen atoms in total. The van der Waals surface area contributed by atoms with E-state index in [1.165, 1.54) is 5.51 Å². The molecule has 0 fully saturated rings. The molecule has 0 spiro atoms. The predicted octanol–water partition coefficient (Wildman–Crippen LogP) is 2.64. The largest absolute Gasteiger partial charge is 0.476 e. The molecular formula is C12H11BrN2O4S2. The van der Waals surface area contributed by atoms with Gasteiger partial charge in [0.15, 0.2) is 9.90 Å². The van der Waals surface area contributed by atoms with E-state index < -0.39 is 27.7 Å². The molecule has 2 N–H and O–H groups in total. The van der Waals surface area contributed by atoms with Crippen molar-refractivity contribution < 1.29 is 18.3 Å². The molecule has 1 heterocycles. The van der Waals surface area contributed by atoms with Gasteiger partial charge in [-0.25, -0.2) is 22.9 Å². The number of aromatic nitrogens is 1. The van der Waals surface area contributed by atoms with Gasteiger partial charge in [0.1, 0.15) is 0 Å². The van der Waals surface area contributed by atoms with Gasteiger partial charge in [-0.05, 0) is 24.6 Å². The molecule has 0 amide bonds. The van der Waals surface area contributed by atoms with Crippen LogP contribution in [0.1, 0.15) is 29.0 Å². The Balaban J connectivity index is 2.29. The Bertz CT molecular complexity index is 773. The molecule has 0 aliphatic carbocycles. The Morgan fingerprint density at radius 3 is 2.81 bits per heavy atom. The number of carboxylic acids is 1. The molecule has 9 heteroatoms. The molecule has 1 atom stereocenters. The normalized spacial score (nSPS) is 13.0. The number of benzene rings is 1. The van der Waals surface area contributed by atoms with Crippen LogP contribution in [0.5, 0.6) is 0 Å². The molecule has 0 unspecified atom stereocenters. The lowest BCUT2D eigenvalue weighted by Crippen LogP contribution is -2.27. The Kier molecular flexibility index (Phi) is 4.77. The quantitative estimate of drug-likeness (QED) is 0.817. The minimum absolute atomic E-state index is 0.295. The SMILES string of the molecule is C[C@H](NS(=O)(=O)c1scnc1C(=O)O)c1cccc(Br)c1. The number of rotatable bonds is 5. The van der Waals surface area contributed by atoms with Gasteiger partial charge >= 0.3 is 5.97 Å². The van der Waals surface area contributed by atoms with Crippen molar-refractivity contribution in [1.29, 1.82) is 0 Å². The molecular weight excluding hydrogens is 380 g/mol. The molecule has 0 radical (unpaired) electrons. The highest BCUT2D eigenvalue weighted by Gasteiger charge is 2.27. The summed E-state index contributed by atoms with van der Waals surface area (Å²) in [6, 6.07) is 6.69. The van der Waals surface area contributed by atoms with Gasteiger partial charge in [-0.2, -0.15) is 0 Å². The second kappa shape index (κ2) is 6.22. The number of hydrogen-bond acceptors (Lipinski definition) is 5. The van der Waals surface area contributed by atoms with Crippen LogP contribution < -0.4 is 4.72 Å². The van der Waals surface area contributed by atoms with Gasteiger partial charge in [0.05, 0.1) is 5.51 Å². The first kappa shape index (κ1) is 16.1. The third-order valence-electron chi connectivity index (χ3n) is 2.66. The number of hydrogen-bond donors (Lipinski definition) is 2. The molecule has 0 aliphatic rings. The number of halogens is 1. The van der Waals surface area contributed by atoms with Crippen LogP contribution in [0.3, 0.4) is 0 Å². The van der Waals surface area contributed by atoms with Crippen molar-refractivity contribution in [2.75, 3.05) is 0 Å². The second-order valence-electron chi connectivity index (χ2n) is 4.19. The first-order valence-electron chi connectivity index (χ1n) is 5.76. The van der Waals surface area contributed by atoms with Crippen molar-refractivity contribution in [3.05, 3.63) is 45.5 Å². The van der Waals surface area contributed by atoms with Gasteiger partial charge in [0, 0.05) is 10.5 Å². The van der Waals surface area contributed by atoms with Crippen LogP contribution in [0.2, 0.25) is 0 Å². The number of nitrogens with one attached hydrogen (secondary N) is 1. The molecule has 1 aromatic carbocycles. The summed E-state index contributed by atoms with van der Waals surface area (Å²) in [6.07, 6.45) is 0. The third kappa shape index (κ3) is 3.67. The summed E-state index contributed by atoms with van der Waals surface area (Å²) in [5.74, 6) is -1.37. The average molecular weight is 391 g/mol. The molecule has 0 aliphatic heterocycles.